The van der Waals surface area contributed by atoms with E-state index in [-0.39, 0.29) is 6.10 Å². The normalized spacial score (nSPS) is 13.1. The molecule has 0 heterocycles. The number of aliphatic hydroxyl groups excluding tert-OH is 1. The molecule has 3 N–H and O–H groups in total. The Hall–Kier alpha value is -1.79. The first kappa shape index (κ1) is 24.2. The number of aliphatic imine (C=N–C) groups is 1. The number of hydrogen-bond acceptors (Lipinski definition) is 4. The minimum absolute atomic E-state index is 0.140. The summed E-state index contributed by atoms with van der Waals surface area (Å²) in [6.07, 6.45) is 1.77. The number of benzene rings is 1. The maximum Gasteiger partial charge on any atom is 0.191 e. The third-order valence-corrected chi connectivity index (χ3v) is 4.49. The minimum atomic E-state index is -0.633. The third kappa shape index (κ3) is 9.95. The van der Waals surface area contributed by atoms with Gasteiger partial charge in [0.1, 0.15) is 5.75 Å². The molecule has 0 bridgehead atoms. The van der Waals surface area contributed by atoms with Crippen LogP contribution < -0.4 is 15.4 Å². The van der Waals surface area contributed by atoms with Crippen LogP contribution in [0.3, 0.4) is 0 Å². The van der Waals surface area contributed by atoms with Crippen LogP contribution in [0.1, 0.15) is 59.1 Å². The van der Waals surface area contributed by atoms with Crippen LogP contribution in [0.4, 0.5) is 0 Å². The lowest BCUT2D eigenvalue weighted by Gasteiger charge is -2.18. The number of ether oxygens (including phenoxy) is 1. The maximum absolute atomic E-state index is 10.4. The molecule has 6 nitrogen and oxygen atoms in total. The van der Waals surface area contributed by atoms with Crippen molar-refractivity contribution < 1.29 is 9.84 Å². The zero-order valence-corrected chi connectivity index (χ0v) is 18.4. The lowest BCUT2D eigenvalue weighted by Crippen LogP contribution is -2.38. The monoisotopic (exact) mass is 392 g/mol. The number of nitrogens with one attached hydrogen (secondary N) is 2. The van der Waals surface area contributed by atoms with Crippen molar-refractivity contribution in [3.63, 3.8) is 0 Å². The van der Waals surface area contributed by atoms with Crippen LogP contribution in [-0.2, 0) is 0 Å². The Morgan fingerprint density at radius 3 is 2.32 bits per heavy atom. The number of rotatable bonds is 13. The topological polar surface area (TPSA) is 69.1 Å². The zero-order valence-electron chi connectivity index (χ0n) is 18.4. The molecule has 0 aromatic heterocycles. The predicted octanol–water partition coefficient (Wildman–Crippen LogP) is 3.18. The highest BCUT2D eigenvalue weighted by Gasteiger charge is 2.08. The Kier molecular flexibility index (Phi) is 12.3. The number of unbranched alkanes of at least 4 members (excludes halogenated alkanes) is 1. The molecule has 0 saturated heterocycles. The average molecular weight is 393 g/mol. The van der Waals surface area contributed by atoms with E-state index in [0.717, 1.165) is 56.4 Å². The predicted molar refractivity (Wildman–Crippen MR) is 118 cm³/mol. The second-order valence-electron chi connectivity index (χ2n) is 7.13. The Bertz CT molecular complexity index is 542. The molecule has 1 unspecified atom stereocenters. The zero-order chi connectivity index (χ0) is 20.8. The van der Waals surface area contributed by atoms with Crippen molar-refractivity contribution in [2.45, 2.75) is 59.7 Å². The van der Waals surface area contributed by atoms with Crippen LogP contribution in [0.15, 0.2) is 29.3 Å². The molecule has 1 aromatic carbocycles. The van der Waals surface area contributed by atoms with Gasteiger partial charge in [-0.1, -0.05) is 26.0 Å². The van der Waals surface area contributed by atoms with Crippen molar-refractivity contribution in [1.29, 1.82) is 0 Å². The fraction of sp³-hybridized carbons (Fsp3) is 0.682. The Morgan fingerprint density at radius 2 is 1.75 bits per heavy atom. The van der Waals surface area contributed by atoms with Crippen LogP contribution in [0.2, 0.25) is 0 Å². The van der Waals surface area contributed by atoms with Crippen LogP contribution in [-0.4, -0.2) is 61.3 Å². The van der Waals surface area contributed by atoms with Gasteiger partial charge >= 0.3 is 0 Å². The molecule has 1 atom stereocenters. The number of guanidine groups is 1. The Labute approximate surface area is 171 Å². The SMILES string of the molecule is CCNC(=NCC(O)c1ccc(OC(C)C)cc1)NCCCCN(CC)CC. The van der Waals surface area contributed by atoms with E-state index in [1.807, 2.05) is 45.0 Å². The number of nitrogens with zero attached hydrogens (tertiary/aromatic N) is 2. The highest BCUT2D eigenvalue weighted by Crippen LogP contribution is 2.19. The van der Waals surface area contributed by atoms with Gasteiger partial charge in [0.15, 0.2) is 5.96 Å². The van der Waals surface area contributed by atoms with Gasteiger partial charge in [-0.05, 0) is 70.9 Å². The summed E-state index contributed by atoms with van der Waals surface area (Å²) >= 11 is 0. The number of aliphatic hydroxyl groups is 1. The third-order valence-electron chi connectivity index (χ3n) is 4.49. The smallest absolute Gasteiger partial charge is 0.191 e. The van der Waals surface area contributed by atoms with Crippen LogP contribution in [0.25, 0.3) is 0 Å². The summed E-state index contributed by atoms with van der Waals surface area (Å²) in [5, 5.41) is 17.0. The van der Waals surface area contributed by atoms with Crippen molar-refractivity contribution in [2.24, 2.45) is 4.99 Å². The first-order valence-corrected chi connectivity index (χ1v) is 10.7. The molecule has 0 aliphatic rings. The molecule has 28 heavy (non-hydrogen) atoms. The fourth-order valence-corrected chi connectivity index (χ4v) is 2.87. The molecule has 0 fully saturated rings. The Balaban J connectivity index is 2.45. The second-order valence-corrected chi connectivity index (χ2v) is 7.13. The minimum Gasteiger partial charge on any atom is -0.491 e. The van der Waals surface area contributed by atoms with E-state index in [1.165, 1.54) is 6.42 Å². The molecule has 0 aliphatic heterocycles. The van der Waals surface area contributed by atoms with E-state index < -0.39 is 6.10 Å². The van der Waals surface area contributed by atoms with Crippen molar-refractivity contribution >= 4 is 5.96 Å². The molecule has 160 valence electrons. The molecule has 0 amide bonds. The molecule has 1 aromatic rings. The van der Waals surface area contributed by atoms with Crippen molar-refractivity contribution in [1.82, 2.24) is 15.5 Å². The molecule has 0 aliphatic carbocycles. The summed E-state index contributed by atoms with van der Waals surface area (Å²) in [5.41, 5.74) is 0.843. The van der Waals surface area contributed by atoms with Gasteiger partial charge in [-0.2, -0.15) is 0 Å². The molecule has 1 rings (SSSR count). The standard InChI is InChI=1S/C22H40N4O2/c1-6-23-22(24-15-9-10-16-26(7-2)8-3)25-17-21(27)19-11-13-20(14-12-19)28-18(4)5/h11-14,18,21,27H,6-10,15-17H2,1-5H3,(H2,23,24,25). The van der Waals surface area contributed by atoms with Gasteiger partial charge in [0, 0.05) is 13.1 Å². The van der Waals surface area contributed by atoms with Crippen molar-refractivity contribution in [2.75, 3.05) is 39.3 Å². The van der Waals surface area contributed by atoms with Gasteiger partial charge in [-0.15, -0.1) is 0 Å². The van der Waals surface area contributed by atoms with E-state index in [1.54, 1.807) is 0 Å². The lowest BCUT2D eigenvalue weighted by atomic mass is 10.1. The van der Waals surface area contributed by atoms with Gasteiger partial charge in [0.05, 0.1) is 18.8 Å². The van der Waals surface area contributed by atoms with Gasteiger partial charge in [0.25, 0.3) is 0 Å². The van der Waals surface area contributed by atoms with E-state index in [2.05, 4.69) is 34.4 Å². The highest BCUT2D eigenvalue weighted by molar-refractivity contribution is 5.79. The van der Waals surface area contributed by atoms with Crippen LogP contribution >= 0.6 is 0 Å². The fourth-order valence-electron chi connectivity index (χ4n) is 2.87. The number of hydrogen-bond donors (Lipinski definition) is 3. The summed E-state index contributed by atoms with van der Waals surface area (Å²) in [5.74, 6) is 1.57. The van der Waals surface area contributed by atoms with Crippen molar-refractivity contribution in [3.8, 4) is 5.75 Å². The lowest BCUT2D eigenvalue weighted by molar-refractivity contribution is 0.186. The first-order chi connectivity index (χ1) is 13.5. The van der Waals surface area contributed by atoms with E-state index in [0.29, 0.717) is 6.54 Å². The molecular formula is C22H40N4O2. The van der Waals surface area contributed by atoms with Crippen LogP contribution in [0, 0.1) is 0 Å². The summed E-state index contributed by atoms with van der Waals surface area (Å²) in [7, 11) is 0. The average Bonchev–Trinajstić information content (AvgIpc) is 2.68. The second kappa shape index (κ2) is 14.2. The maximum atomic E-state index is 10.4. The van der Waals surface area contributed by atoms with Crippen LogP contribution in [0.5, 0.6) is 5.75 Å². The van der Waals surface area contributed by atoms with Gasteiger partial charge in [-0.3, -0.25) is 4.99 Å². The quantitative estimate of drug-likeness (QED) is 0.273. The first-order valence-electron chi connectivity index (χ1n) is 10.7. The van der Waals surface area contributed by atoms with Gasteiger partial charge < -0.3 is 25.4 Å². The summed E-state index contributed by atoms with van der Waals surface area (Å²) in [4.78, 5) is 6.97. The largest absolute Gasteiger partial charge is 0.491 e. The van der Waals surface area contributed by atoms with E-state index in [9.17, 15) is 5.11 Å². The Morgan fingerprint density at radius 1 is 1.07 bits per heavy atom. The molecule has 0 spiro atoms. The van der Waals surface area contributed by atoms with E-state index in [4.69, 9.17) is 4.74 Å². The molecule has 0 radical (unpaired) electrons. The van der Waals surface area contributed by atoms with Crippen molar-refractivity contribution in [3.05, 3.63) is 29.8 Å². The summed E-state index contributed by atoms with van der Waals surface area (Å²) in [6.45, 7) is 15.8. The highest BCUT2D eigenvalue weighted by atomic mass is 16.5. The van der Waals surface area contributed by atoms with Gasteiger partial charge in [0.2, 0.25) is 0 Å². The molecule has 6 heteroatoms. The molecule has 0 saturated carbocycles. The summed E-state index contributed by atoms with van der Waals surface area (Å²) in [6, 6.07) is 7.57. The van der Waals surface area contributed by atoms with Gasteiger partial charge in [-0.25, -0.2) is 0 Å². The summed E-state index contributed by atoms with van der Waals surface area (Å²) < 4.78 is 5.64. The van der Waals surface area contributed by atoms with E-state index >= 15 is 0 Å². The molecular weight excluding hydrogens is 352 g/mol.